The molecular weight excluding hydrogens is 544 g/mol. The molecule has 0 fully saturated rings. The molecule has 0 unspecified atom stereocenters. The lowest BCUT2D eigenvalue weighted by atomic mass is 10.0. The summed E-state index contributed by atoms with van der Waals surface area (Å²) in [6.45, 7) is 12.1. The second-order valence-electron chi connectivity index (χ2n) is 12.4. The number of carbonyl (C=O) groups is 2. The molecule has 0 saturated heterocycles. The summed E-state index contributed by atoms with van der Waals surface area (Å²) >= 11 is 0. The Hall–Kier alpha value is -4.37. The summed E-state index contributed by atoms with van der Waals surface area (Å²) in [7, 11) is 1.65. The zero-order valence-electron chi connectivity index (χ0n) is 26.1. The molecule has 0 aliphatic heterocycles. The summed E-state index contributed by atoms with van der Waals surface area (Å²) in [6, 6.07) is 21.9. The number of aromatic amines is 1. The number of para-hydroxylation sites is 2. The standard InChI is InChI=1S/C34H42N4O5/c1-33(2,3)42-29(39)21-35-18-19-38(32(40)43-34(4,5)6)22-23-12-10-13-24(20-23)25-15-11-16-27-30(25)37-31(36-27)26-14-8-9-17-28(26)41-7/h8-17,20,35H,18-19,21-22H2,1-7H3,(H,36,37). The molecule has 0 atom stereocenters. The third-order valence-electron chi connectivity index (χ3n) is 6.39. The molecular formula is C34H42N4O5. The van der Waals surface area contributed by atoms with Gasteiger partial charge in [0, 0.05) is 25.2 Å². The zero-order valence-corrected chi connectivity index (χ0v) is 26.1. The van der Waals surface area contributed by atoms with E-state index in [0.29, 0.717) is 19.6 Å². The Labute approximate surface area is 253 Å². The molecule has 0 spiro atoms. The molecule has 228 valence electrons. The molecule has 0 saturated carbocycles. The van der Waals surface area contributed by atoms with Crippen molar-refractivity contribution in [1.82, 2.24) is 20.2 Å². The van der Waals surface area contributed by atoms with E-state index < -0.39 is 17.3 Å². The second kappa shape index (κ2) is 13.3. The van der Waals surface area contributed by atoms with Crippen molar-refractivity contribution in [3.05, 3.63) is 72.3 Å². The van der Waals surface area contributed by atoms with E-state index in [1.165, 1.54) is 0 Å². The van der Waals surface area contributed by atoms with Crippen LogP contribution in [0.3, 0.4) is 0 Å². The maximum absolute atomic E-state index is 13.2. The maximum atomic E-state index is 13.2. The Morgan fingerprint density at radius 2 is 1.58 bits per heavy atom. The third-order valence-corrected chi connectivity index (χ3v) is 6.39. The molecule has 0 bridgehead atoms. The monoisotopic (exact) mass is 586 g/mol. The molecule has 0 radical (unpaired) electrons. The number of imidazole rings is 1. The number of benzene rings is 3. The van der Waals surface area contributed by atoms with Crippen molar-refractivity contribution in [3.8, 4) is 28.3 Å². The van der Waals surface area contributed by atoms with Gasteiger partial charge in [0.05, 0.1) is 30.3 Å². The number of nitrogens with one attached hydrogen (secondary N) is 2. The van der Waals surface area contributed by atoms with Gasteiger partial charge in [-0.3, -0.25) is 4.79 Å². The number of H-pyrrole nitrogens is 1. The number of aromatic nitrogens is 2. The topological polar surface area (TPSA) is 106 Å². The molecule has 1 heterocycles. The summed E-state index contributed by atoms with van der Waals surface area (Å²) in [5.74, 6) is 1.13. The highest BCUT2D eigenvalue weighted by molar-refractivity contribution is 5.94. The molecule has 43 heavy (non-hydrogen) atoms. The maximum Gasteiger partial charge on any atom is 0.410 e. The summed E-state index contributed by atoms with van der Waals surface area (Å²) in [6.07, 6.45) is -0.423. The first-order valence-corrected chi connectivity index (χ1v) is 14.4. The van der Waals surface area contributed by atoms with Gasteiger partial charge in [0.25, 0.3) is 0 Å². The van der Waals surface area contributed by atoms with E-state index in [9.17, 15) is 9.59 Å². The fourth-order valence-corrected chi connectivity index (χ4v) is 4.63. The van der Waals surface area contributed by atoms with Gasteiger partial charge in [0.1, 0.15) is 22.8 Å². The lowest BCUT2D eigenvalue weighted by Gasteiger charge is -2.28. The molecule has 4 aromatic rings. The third kappa shape index (κ3) is 8.81. The highest BCUT2D eigenvalue weighted by Gasteiger charge is 2.23. The first-order valence-electron chi connectivity index (χ1n) is 14.4. The van der Waals surface area contributed by atoms with Gasteiger partial charge in [0.2, 0.25) is 0 Å². The normalized spacial score (nSPS) is 11.8. The molecule has 1 amide bonds. The summed E-state index contributed by atoms with van der Waals surface area (Å²) < 4.78 is 16.6. The lowest BCUT2D eigenvalue weighted by molar-refractivity contribution is -0.153. The van der Waals surface area contributed by atoms with Crippen LogP contribution in [0.15, 0.2) is 66.7 Å². The van der Waals surface area contributed by atoms with Gasteiger partial charge >= 0.3 is 12.1 Å². The van der Waals surface area contributed by atoms with Gasteiger partial charge in [-0.25, -0.2) is 9.78 Å². The van der Waals surface area contributed by atoms with E-state index in [4.69, 9.17) is 19.2 Å². The van der Waals surface area contributed by atoms with Crippen LogP contribution >= 0.6 is 0 Å². The van der Waals surface area contributed by atoms with Gasteiger partial charge in [-0.2, -0.15) is 0 Å². The Balaban J connectivity index is 1.55. The van der Waals surface area contributed by atoms with Crippen LogP contribution in [-0.2, 0) is 20.8 Å². The minimum Gasteiger partial charge on any atom is -0.496 e. The van der Waals surface area contributed by atoms with Crippen LogP contribution in [0, 0.1) is 0 Å². The van der Waals surface area contributed by atoms with Crippen molar-refractivity contribution < 1.29 is 23.8 Å². The van der Waals surface area contributed by atoms with Crippen LogP contribution < -0.4 is 10.1 Å². The van der Waals surface area contributed by atoms with Crippen LogP contribution in [0.4, 0.5) is 4.79 Å². The molecule has 3 aromatic carbocycles. The molecule has 9 nitrogen and oxygen atoms in total. The smallest absolute Gasteiger partial charge is 0.410 e. The van der Waals surface area contributed by atoms with E-state index in [2.05, 4.69) is 16.4 Å². The average Bonchev–Trinajstić information content (AvgIpc) is 3.37. The Morgan fingerprint density at radius 1 is 0.884 bits per heavy atom. The molecule has 2 N–H and O–H groups in total. The minimum atomic E-state index is -0.643. The van der Waals surface area contributed by atoms with Crippen molar-refractivity contribution >= 4 is 23.1 Å². The number of rotatable bonds is 10. The molecule has 9 heteroatoms. The van der Waals surface area contributed by atoms with E-state index in [0.717, 1.165) is 44.9 Å². The second-order valence-corrected chi connectivity index (χ2v) is 12.4. The molecule has 0 aliphatic carbocycles. The predicted molar refractivity (Wildman–Crippen MR) is 169 cm³/mol. The number of esters is 1. The summed E-state index contributed by atoms with van der Waals surface area (Å²) in [4.78, 5) is 35.3. The van der Waals surface area contributed by atoms with Gasteiger partial charge < -0.3 is 29.4 Å². The largest absolute Gasteiger partial charge is 0.496 e. The number of ether oxygens (including phenoxy) is 3. The highest BCUT2D eigenvalue weighted by atomic mass is 16.6. The van der Waals surface area contributed by atoms with Gasteiger partial charge in [-0.15, -0.1) is 0 Å². The SMILES string of the molecule is COc1ccccc1-c1nc2c(-c3cccc(CN(CCNCC(=O)OC(C)(C)C)C(=O)OC(C)(C)C)c3)cccc2[nH]1. The van der Waals surface area contributed by atoms with Crippen molar-refractivity contribution in [2.75, 3.05) is 26.7 Å². The van der Waals surface area contributed by atoms with Gasteiger partial charge in [0.15, 0.2) is 0 Å². The highest BCUT2D eigenvalue weighted by Crippen LogP contribution is 2.33. The number of methoxy groups -OCH3 is 1. The van der Waals surface area contributed by atoms with Crippen molar-refractivity contribution in [3.63, 3.8) is 0 Å². The van der Waals surface area contributed by atoms with Crippen LogP contribution in [0.25, 0.3) is 33.5 Å². The minimum absolute atomic E-state index is 0.0550. The zero-order chi connectivity index (χ0) is 31.2. The number of carbonyl (C=O) groups excluding carboxylic acids is 2. The molecule has 4 rings (SSSR count). The number of nitrogens with zero attached hydrogens (tertiary/aromatic N) is 2. The first-order chi connectivity index (χ1) is 20.3. The van der Waals surface area contributed by atoms with Crippen LogP contribution in [-0.4, -0.2) is 64.9 Å². The Bertz CT molecular complexity index is 1570. The molecule has 0 aliphatic rings. The summed E-state index contributed by atoms with van der Waals surface area (Å²) in [5, 5.41) is 3.08. The predicted octanol–water partition coefficient (Wildman–Crippen LogP) is 6.57. The fourth-order valence-electron chi connectivity index (χ4n) is 4.63. The number of hydrogen-bond donors (Lipinski definition) is 2. The van der Waals surface area contributed by atoms with E-state index in [1.54, 1.807) is 12.0 Å². The fraction of sp³-hybridized carbons (Fsp3) is 0.382. The van der Waals surface area contributed by atoms with Gasteiger partial charge in [-0.1, -0.05) is 42.5 Å². The van der Waals surface area contributed by atoms with E-state index in [1.807, 2.05) is 102 Å². The van der Waals surface area contributed by atoms with E-state index in [-0.39, 0.29) is 12.5 Å². The summed E-state index contributed by atoms with van der Waals surface area (Å²) in [5.41, 5.74) is 4.33. The van der Waals surface area contributed by atoms with Crippen LogP contribution in [0.1, 0.15) is 47.1 Å². The van der Waals surface area contributed by atoms with Crippen molar-refractivity contribution in [1.29, 1.82) is 0 Å². The number of amides is 1. The molecule has 1 aromatic heterocycles. The Kier molecular flexibility index (Phi) is 9.76. The number of hydrogen-bond acceptors (Lipinski definition) is 7. The average molecular weight is 587 g/mol. The van der Waals surface area contributed by atoms with Crippen molar-refractivity contribution in [2.45, 2.75) is 59.3 Å². The van der Waals surface area contributed by atoms with Crippen LogP contribution in [0.2, 0.25) is 0 Å². The van der Waals surface area contributed by atoms with Gasteiger partial charge in [-0.05, 0) is 76.9 Å². The number of fused-ring (bicyclic) bond motifs is 1. The Morgan fingerprint density at radius 3 is 2.30 bits per heavy atom. The quantitative estimate of drug-likeness (QED) is 0.160. The van der Waals surface area contributed by atoms with E-state index >= 15 is 0 Å². The first kappa shape index (κ1) is 31.6. The van der Waals surface area contributed by atoms with Crippen LogP contribution in [0.5, 0.6) is 5.75 Å². The lowest BCUT2D eigenvalue weighted by Crippen LogP contribution is -2.41. The van der Waals surface area contributed by atoms with Crippen molar-refractivity contribution in [2.24, 2.45) is 0 Å².